The number of nitrogens with zero attached hydrogens (tertiary/aromatic N) is 2. The largest absolute Gasteiger partial charge is 0.456 e. The smallest absolute Gasteiger partial charge is 0.329 e. The molecule has 29 heavy (non-hydrogen) atoms. The Bertz CT molecular complexity index is 866. The lowest BCUT2D eigenvalue weighted by atomic mass is 10.0. The summed E-state index contributed by atoms with van der Waals surface area (Å²) in [5.74, 6) is -0.971. The number of carbonyl (C=O) groups is 3. The van der Waals surface area contributed by atoms with Crippen LogP contribution in [0.1, 0.15) is 37.9 Å². The molecule has 8 nitrogen and oxygen atoms in total. The van der Waals surface area contributed by atoms with E-state index >= 15 is 0 Å². The summed E-state index contributed by atoms with van der Waals surface area (Å²) in [7, 11) is 0. The van der Waals surface area contributed by atoms with Gasteiger partial charge in [0.25, 0.3) is 0 Å². The van der Waals surface area contributed by atoms with Gasteiger partial charge in [-0.1, -0.05) is 26.5 Å². The predicted octanol–water partition coefficient (Wildman–Crippen LogP) is 1.65. The van der Waals surface area contributed by atoms with E-state index in [1.807, 2.05) is 19.2 Å². The Morgan fingerprint density at radius 1 is 1.38 bits per heavy atom. The first-order chi connectivity index (χ1) is 13.7. The molecule has 3 atom stereocenters. The molecule has 2 aliphatic rings. The maximum Gasteiger partial charge on any atom is 0.329 e. The van der Waals surface area contributed by atoms with E-state index in [0.717, 1.165) is 5.01 Å². The number of amides is 2. The van der Waals surface area contributed by atoms with Crippen LogP contribution in [0.3, 0.4) is 0 Å². The number of fused-ring (bicyclic) bond motifs is 4. The first-order valence-electron chi connectivity index (χ1n) is 9.30. The molecule has 2 N–H and O–H groups in total. The van der Waals surface area contributed by atoms with Gasteiger partial charge in [0.05, 0.1) is 13.0 Å². The van der Waals surface area contributed by atoms with Crippen LogP contribution < -0.4 is 10.6 Å². The van der Waals surface area contributed by atoms with Crippen LogP contribution in [0.25, 0.3) is 0 Å². The van der Waals surface area contributed by atoms with E-state index in [1.54, 1.807) is 6.92 Å². The predicted molar refractivity (Wildman–Crippen MR) is 113 cm³/mol. The van der Waals surface area contributed by atoms with Gasteiger partial charge in [0, 0.05) is 11.1 Å². The molecule has 2 amide bonds. The van der Waals surface area contributed by atoms with Gasteiger partial charge in [0.1, 0.15) is 33.4 Å². The van der Waals surface area contributed by atoms with Crippen LogP contribution in [0.15, 0.2) is 23.0 Å². The van der Waals surface area contributed by atoms with Crippen molar-refractivity contribution in [3.05, 3.63) is 28.7 Å². The number of hydrogen-bond acceptors (Lipinski definition) is 8. The highest BCUT2D eigenvalue weighted by Crippen LogP contribution is 2.32. The SMILES string of the molecule is C=CC1CC(=O)NCc2nc(cs2)C2=NC(C)(CS2)C(=O)N[C@@H](C(C)C)C(=O)O1. The Hall–Kier alpha value is -2.20. The zero-order valence-electron chi connectivity index (χ0n) is 16.6. The van der Waals surface area contributed by atoms with E-state index in [-0.39, 0.29) is 30.7 Å². The van der Waals surface area contributed by atoms with Gasteiger partial charge < -0.3 is 15.4 Å². The maximum atomic E-state index is 13.0. The molecule has 0 fully saturated rings. The Morgan fingerprint density at radius 3 is 2.83 bits per heavy atom. The summed E-state index contributed by atoms with van der Waals surface area (Å²) in [4.78, 5) is 47.0. The maximum absolute atomic E-state index is 13.0. The van der Waals surface area contributed by atoms with Gasteiger partial charge in [-0.2, -0.15) is 0 Å². The average Bonchev–Trinajstić information content (AvgIpc) is 3.30. The van der Waals surface area contributed by atoms with Crippen molar-refractivity contribution in [3.8, 4) is 0 Å². The van der Waals surface area contributed by atoms with Crippen LogP contribution >= 0.6 is 23.1 Å². The third kappa shape index (κ3) is 4.87. The number of rotatable bonds is 2. The quantitative estimate of drug-likeness (QED) is 0.539. The van der Waals surface area contributed by atoms with E-state index in [4.69, 9.17) is 4.74 Å². The topological polar surface area (TPSA) is 110 Å². The first-order valence-corrected chi connectivity index (χ1v) is 11.2. The summed E-state index contributed by atoms with van der Waals surface area (Å²) in [6, 6.07) is -0.854. The summed E-state index contributed by atoms with van der Waals surface area (Å²) >= 11 is 2.87. The standard InChI is InChI=1S/C19H24N4O4S2/c1-5-11-6-13(24)20-7-14-21-12(8-28-14)16-23-19(4,9-29-16)18(26)22-15(10(2)3)17(25)27-11/h5,8,10-11,15H,1,6-7,9H2,2-4H3,(H,20,24)(H,22,26)/t11?,15-,19?/m0/s1. The lowest BCUT2D eigenvalue weighted by Crippen LogP contribution is -2.53. The molecule has 1 aromatic heterocycles. The fourth-order valence-corrected chi connectivity index (χ4v) is 4.78. The molecule has 4 bridgehead atoms. The average molecular weight is 437 g/mol. The first kappa shape index (κ1) is 21.5. The van der Waals surface area contributed by atoms with E-state index < -0.39 is 23.7 Å². The van der Waals surface area contributed by atoms with Crippen LogP contribution in [-0.4, -0.2) is 51.2 Å². The van der Waals surface area contributed by atoms with E-state index in [2.05, 4.69) is 27.2 Å². The number of carbonyl (C=O) groups excluding carboxylic acids is 3. The van der Waals surface area contributed by atoms with Crippen molar-refractivity contribution in [3.63, 3.8) is 0 Å². The molecule has 0 saturated carbocycles. The molecule has 0 spiro atoms. The molecular formula is C19H24N4O4S2. The highest BCUT2D eigenvalue weighted by molar-refractivity contribution is 8.14. The molecule has 156 valence electrons. The van der Waals surface area contributed by atoms with E-state index in [9.17, 15) is 14.4 Å². The third-order valence-electron chi connectivity index (χ3n) is 4.66. The summed E-state index contributed by atoms with van der Waals surface area (Å²) in [6.07, 6.45) is 0.571. The minimum Gasteiger partial charge on any atom is -0.456 e. The number of hydrogen-bond donors (Lipinski definition) is 2. The van der Waals surface area contributed by atoms with Gasteiger partial charge in [-0.15, -0.1) is 23.1 Å². The zero-order valence-corrected chi connectivity index (χ0v) is 18.2. The van der Waals surface area contributed by atoms with Crippen LogP contribution in [0, 0.1) is 5.92 Å². The molecule has 0 aromatic carbocycles. The summed E-state index contributed by atoms with van der Waals surface area (Å²) in [6.45, 7) is 9.29. The molecule has 2 unspecified atom stereocenters. The number of aliphatic imine (C=N–C) groups is 1. The van der Waals surface area contributed by atoms with Crippen molar-refractivity contribution < 1.29 is 19.1 Å². The highest BCUT2D eigenvalue weighted by Gasteiger charge is 2.41. The number of nitrogens with one attached hydrogen (secondary N) is 2. The van der Waals surface area contributed by atoms with E-state index in [0.29, 0.717) is 16.5 Å². The molecule has 0 aliphatic carbocycles. The highest BCUT2D eigenvalue weighted by atomic mass is 32.2. The van der Waals surface area contributed by atoms with Gasteiger partial charge in [-0.3, -0.25) is 14.6 Å². The fraction of sp³-hybridized carbons (Fsp3) is 0.526. The summed E-state index contributed by atoms with van der Waals surface area (Å²) < 4.78 is 5.45. The third-order valence-corrected chi connectivity index (χ3v) is 6.79. The van der Waals surface area contributed by atoms with Gasteiger partial charge in [0.2, 0.25) is 11.8 Å². The Balaban J connectivity index is 1.94. The molecular weight excluding hydrogens is 412 g/mol. The zero-order chi connectivity index (χ0) is 21.2. The number of cyclic esters (lactones) is 1. The second-order valence-electron chi connectivity index (χ2n) is 7.49. The molecule has 3 rings (SSSR count). The number of ether oxygens (including phenoxy) is 1. The summed E-state index contributed by atoms with van der Waals surface area (Å²) in [5, 5.41) is 8.85. The Kier molecular flexibility index (Phi) is 6.42. The monoisotopic (exact) mass is 436 g/mol. The van der Waals surface area contributed by atoms with Crippen LogP contribution in [0.4, 0.5) is 0 Å². The minimum atomic E-state index is -1.000. The number of thiazole rings is 1. The number of esters is 1. The van der Waals surface area contributed by atoms with Gasteiger partial charge in [-0.05, 0) is 12.8 Å². The van der Waals surface area contributed by atoms with Crippen molar-refractivity contribution in [2.45, 2.75) is 51.4 Å². The van der Waals surface area contributed by atoms with Gasteiger partial charge in [0.15, 0.2) is 0 Å². The normalized spacial score (nSPS) is 28.4. The lowest BCUT2D eigenvalue weighted by molar-refractivity contribution is -0.153. The van der Waals surface area contributed by atoms with Crippen molar-refractivity contribution >= 4 is 45.9 Å². The second-order valence-corrected chi connectivity index (χ2v) is 9.40. The van der Waals surface area contributed by atoms with Crippen LogP contribution in [0.5, 0.6) is 0 Å². The molecule has 0 radical (unpaired) electrons. The van der Waals surface area contributed by atoms with Crippen molar-refractivity contribution in [2.75, 3.05) is 5.75 Å². The second kappa shape index (κ2) is 8.66. The molecule has 0 saturated heterocycles. The van der Waals surface area contributed by atoms with E-state index in [1.165, 1.54) is 29.2 Å². The van der Waals surface area contributed by atoms with Crippen molar-refractivity contribution in [1.29, 1.82) is 0 Å². The lowest BCUT2D eigenvalue weighted by Gasteiger charge is -2.27. The van der Waals surface area contributed by atoms with Crippen LogP contribution in [0.2, 0.25) is 0 Å². The number of thioether (sulfide) groups is 1. The van der Waals surface area contributed by atoms with Crippen LogP contribution in [-0.2, 0) is 25.7 Å². The molecule has 1 aromatic rings. The van der Waals surface area contributed by atoms with Gasteiger partial charge in [-0.25, -0.2) is 9.78 Å². The fourth-order valence-electron chi connectivity index (χ4n) is 2.85. The van der Waals surface area contributed by atoms with Gasteiger partial charge >= 0.3 is 5.97 Å². The molecule has 10 heteroatoms. The Morgan fingerprint density at radius 2 is 2.14 bits per heavy atom. The minimum absolute atomic E-state index is 0.0491. The Labute approximate surface area is 177 Å². The number of aromatic nitrogens is 1. The van der Waals surface area contributed by atoms with Crippen molar-refractivity contribution in [1.82, 2.24) is 15.6 Å². The van der Waals surface area contributed by atoms with Crippen molar-refractivity contribution in [2.24, 2.45) is 10.9 Å². The molecule has 3 heterocycles. The molecule has 2 aliphatic heterocycles. The summed E-state index contributed by atoms with van der Waals surface area (Å²) in [5.41, 5.74) is -0.308.